The van der Waals surface area contributed by atoms with E-state index in [1.54, 1.807) is 37.2 Å². The van der Waals surface area contributed by atoms with Gasteiger partial charge in [-0.15, -0.1) is 0 Å². The van der Waals surface area contributed by atoms with Crippen LogP contribution in [0.25, 0.3) is 11.0 Å². The molecule has 3 rings (SSSR count). The summed E-state index contributed by atoms with van der Waals surface area (Å²) >= 11 is 0. The smallest absolute Gasteiger partial charge is 0.326 e. The fraction of sp³-hybridized carbons (Fsp3) is 0.529. The number of carbonyl (C=O) groups is 1. The van der Waals surface area contributed by atoms with E-state index in [2.05, 4.69) is 4.98 Å². The van der Waals surface area contributed by atoms with Crippen molar-refractivity contribution in [1.29, 1.82) is 0 Å². The predicted molar refractivity (Wildman–Crippen MR) is 88.5 cm³/mol. The number of imidazole rings is 1. The number of hydrogen-bond acceptors (Lipinski definition) is 3. The summed E-state index contributed by atoms with van der Waals surface area (Å²) in [4.78, 5) is 28.7. The lowest BCUT2D eigenvalue weighted by Gasteiger charge is -2.31. The summed E-state index contributed by atoms with van der Waals surface area (Å²) in [7, 11) is 3.46. The van der Waals surface area contributed by atoms with Crippen LogP contribution in [-0.4, -0.2) is 45.2 Å². The maximum absolute atomic E-state index is 12.6. The number of benzene rings is 1. The van der Waals surface area contributed by atoms with Gasteiger partial charge in [-0.05, 0) is 31.0 Å². The Labute approximate surface area is 134 Å². The molecule has 1 aliphatic rings. The highest BCUT2D eigenvalue weighted by molar-refractivity contribution is 5.97. The molecule has 2 atom stereocenters. The minimum atomic E-state index is -0.313. The zero-order valence-electron chi connectivity index (χ0n) is 13.6. The van der Waals surface area contributed by atoms with E-state index in [0.29, 0.717) is 17.6 Å². The Balaban J connectivity index is 1.77. The topological polar surface area (TPSA) is 78.3 Å². The zero-order valence-corrected chi connectivity index (χ0v) is 13.6. The van der Waals surface area contributed by atoms with Crippen LogP contribution in [0.2, 0.25) is 0 Å². The van der Waals surface area contributed by atoms with Gasteiger partial charge in [0.05, 0.1) is 17.1 Å². The Morgan fingerprint density at radius 1 is 1.39 bits per heavy atom. The molecule has 0 aliphatic heterocycles. The first kappa shape index (κ1) is 15.8. The Kier molecular flexibility index (Phi) is 4.26. The van der Waals surface area contributed by atoms with Crippen molar-refractivity contribution in [3.8, 4) is 0 Å². The van der Waals surface area contributed by atoms with Crippen LogP contribution in [-0.2, 0) is 7.05 Å². The third-order valence-corrected chi connectivity index (χ3v) is 4.88. The molecule has 1 heterocycles. The number of hydrogen-bond donors (Lipinski definition) is 2. The molecule has 1 saturated carbocycles. The number of aromatic amines is 1. The number of aliphatic hydroxyl groups is 1. The van der Waals surface area contributed by atoms with Crippen molar-refractivity contribution in [2.75, 3.05) is 13.6 Å². The third-order valence-electron chi connectivity index (χ3n) is 4.88. The number of amides is 1. The SMILES string of the molecule is CN(CC1CCCCC1O)C(=O)c1ccc2c(c1)[nH]c(=O)n2C. The van der Waals surface area contributed by atoms with Crippen LogP contribution >= 0.6 is 0 Å². The molecular formula is C17H23N3O3. The standard InChI is InChI=1S/C17H23N3O3/c1-19(10-12-5-3-4-6-15(12)21)16(22)11-7-8-14-13(9-11)18-17(23)20(14)2/h7-9,12,15,21H,3-6,10H2,1-2H3,(H,18,23). The largest absolute Gasteiger partial charge is 0.393 e. The molecule has 1 aromatic carbocycles. The molecule has 0 spiro atoms. The highest BCUT2D eigenvalue weighted by Gasteiger charge is 2.26. The highest BCUT2D eigenvalue weighted by Crippen LogP contribution is 2.25. The molecule has 23 heavy (non-hydrogen) atoms. The van der Waals surface area contributed by atoms with E-state index in [1.807, 2.05) is 0 Å². The molecule has 0 radical (unpaired) electrons. The molecule has 6 nitrogen and oxygen atoms in total. The van der Waals surface area contributed by atoms with Gasteiger partial charge in [-0.25, -0.2) is 4.79 Å². The van der Waals surface area contributed by atoms with Crippen LogP contribution in [0.15, 0.2) is 23.0 Å². The van der Waals surface area contributed by atoms with E-state index in [0.717, 1.165) is 31.2 Å². The van der Waals surface area contributed by atoms with Crippen molar-refractivity contribution in [1.82, 2.24) is 14.5 Å². The minimum Gasteiger partial charge on any atom is -0.393 e. The van der Waals surface area contributed by atoms with E-state index in [-0.39, 0.29) is 23.6 Å². The molecule has 1 aliphatic carbocycles. The van der Waals surface area contributed by atoms with Gasteiger partial charge < -0.3 is 15.0 Å². The molecule has 1 amide bonds. The minimum absolute atomic E-state index is 0.0885. The molecule has 0 saturated heterocycles. The first-order chi connectivity index (χ1) is 11.0. The van der Waals surface area contributed by atoms with E-state index in [4.69, 9.17) is 0 Å². The molecule has 2 aromatic rings. The van der Waals surface area contributed by atoms with Gasteiger partial charge in [-0.2, -0.15) is 0 Å². The lowest BCUT2D eigenvalue weighted by Crippen LogP contribution is -2.38. The fourth-order valence-corrected chi connectivity index (χ4v) is 3.43. The number of aryl methyl sites for hydroxylation is 1. The third kappa shape index (κ3) is 3.03. The normalized spacial score (nSPS) is 21.5. The van der Waals surface area contributed by atoms with Gasteiger partial charge in [-0.3, -0.25) is 9.36 Å². The van der Waals surface area contributed by atoms with Gasteiger partial charge in [0.25, 0.3) is 5.91 Å². The van der Waals surface area contributed by atoms with Gasteiger partial charge in [0, 0.05) is 32.1 Å². The molecular weight excluding hydrogens is 294 g/mol. The maximum Gasteiger partial charge on any atom is 0.326 e. The summed E-state index contributed by atoms with van der Waals surface area (Å²) in [6.45, 7) is 0.559. The van der Waals surface area contributed by atoms with Crippen molar-refractivity contribution in [3.63, 3.8) is 0 Å². The van der Waals surface area contributed by atoms with Crippen LogP contribution in [0, 0.1) is 5.92 Å². The first-order valence-corrected chi connectivity index (χ1v) is 8.09. The molecule has 6 heteroatoms. The van der Waals surface area contributed by atoms with Gasteiger partial charge in [-0.1, -0.05) is 12.8 Å². The molecule has 0 bridgehead atoms. The summed E-state index contributed by atoms with van der Waals surface area (Å²) in [6, 6.07) is 5.24. The molecule has 1 aromatic heterocycles. The predicted octanol–water partition coefficient (Wildman–Crippen LogP) is 1.49. The summed E-state index contributed by atoms with van der Waals surface area (Å²) in [5.41, 5.74) is 1.79. The quantitative estimate of drug-likeness (QED) is 0.900. The Bertz CT molecular complexity index is 777. The number of nitrogens with one attached hydrogen (secondary N) is 1. The maximum atomic E-state index is 12.6. The zero-order chi connectivity index (χ0) is 16.6. The van der Waals surface area contributed by atoms with E-state index < -0.39 is 0 Å². The van der Waals surface area contributed by atoms with Gasteiger partial charge >= 0.3 is 5.69 Å². The van der Waals surface area contributed by atoms with Gasteiger partial charge in [0.15, 0.2) is 0 Å². The van der Waals surface area contributed by atoms with Crippen molar-refractivity contribution < 1.29 is 9.90 Å². The number of nitrogens with zero attached hydrogens (tertiary/aromatic N) is 2. The van der Waals surface area contributed by atoms with Gasteiger partial charge in [0.1, 0.15) is 0 Å². The van der Waals surface area contributed by atoms with Crippen LogP contribution in [0.4, 0.5) is 0 Å². The van der Waals surface area contributed by atoms with E-state index >= 15 is 0 Å². The Morgan fingerprint density at radius 3 is 2.87 bits per heavy atom. The molecule has 1 fully saturated rings. The Hall–Kier alpha value is -2.08. The van der Waals surface area contributed by atoms with Crippen molar-refractivity contribution in [2.24, 2.45) is 13.0 Å². The summed E-state index contributed by atoms with van der Waals surface area (Å²) in [6.07, 6.45) is 3.65. The van der Waals surface area contributed by atoms with E-state index in [1.165, 1.54) is 4.57 Å². The lowest BCUT2D eigenvalue weighted by atomic mass is 9.86. The summed E-state index contributed by atoms with van der Waals surface area (Å²) in [5, 5.41) is 10.1. The average molecular weight is 317 g/mol. The fourth-order valence-electron chi connectivity index (χ4n) is 3.43. The number of aliphatic hydroxyl groups excluding tert-OH is 1. The second-order valence-corrected chi connectivity index (χ2v) is 6.52. The number of carbonyl (C=O) groups excluding carboxylic acids is 1. The van der Waals surface area contributed by atoms with Crippen molar-refractivity contribution in [2.45, 2.75) is 31.8 Å². The van der Waals surface area contributed by atoms with Gasteiger partial charge in [0.2, 0.25) is 0 Å². The molecule has 2 unspecified atom stereocenters. The number of rotatable bonds is 3. The molecule has 124 valence electrons. The number of fused-ring (bicyclic) bond motifs is 1. The second-order valence-electron chi connectivity index (χ2n) is 6.52. The lowest BCUT2D eigenvalue weighted by molar-refractivity contribution is 0.0451. The Morgan fingerprint density at radius 2 is 2.13 bits per heavy atom. The summed E-state index contributed by atoms with van der Waals surface area (Å²) in [5.74, 6) is 0.0624. The highest BCUT2D eigenvalue weighted by atomic mass is 16.3. The monoisotopic (exact) mass is 317 g/mol. The van der Waals surface area contributed by atoms with Crippen molar-refractivity contribution in [3.05, 3.63) is 34.2 Å². The van der Waals surface area contributed by atoms with Crippen molar-refractivity contribution >= 4 is 16.9 Å². The second kappa shape index (κ2) is 6.20. The van der Waals surface area contributed by atoms with Crippen LogP contribution in [0.5, 0.6) is 0 Å². The first-order valence-electron chi connectivity index (χ1n) is 8.09. The number of H-pyrrole nitrogens is 1. The summed E-state index contributed by atoms with van der Waals surface area (Å²) < 4.78 is 1.52. The molecule has 2 N–H and O–H groups in total. The van der Waals surface area contributed by atoms with E-state index in [9.17, 15) is 14.7 Å². The van der Waals surface area contributed by atoms with Crippen LogP contribution in [0.1, 0.15) is 36.0 Å². The average Bonchev–Trinajstić information content (AvgIpc) is 2.83. The van der Waals surface area contributed by atoms with Crippen LogP contribution in [0.3, 0.4) is 0 Å². The number of aromatic nitrogens is 2. The van der Waals surface area contributed by atoms with Crippen LogP contribution < -0.4 is 5.69 Å².